The van der Waals surface area contributed by atoms with Gasteiger partial charge < -0.3 is 0 Å². The summed E-state index contributed by atoms with van der Waals surface area (Å²) in [5.41, 5.74) is 0.559. The first-order valence-corrected chi connectivity index (χ1v) is 6.87. The van der Waals surface area contributed by atoms with Crippen LogP contribution in [-0.2, 0) is 0 Å². The van der Waals surface area contributed by atoms with Gasteiger partial charge >= 0.3 is 0 Å². The Labute approximate surface area is 96.8 Å². The molecule has 0 aromatic heterocycles. The molecule has 15 heavy (non-hydrogen) atoms. The van der Waals surface area contributed by atoms with E-state index < -0.39 is 0 Å². The van der Waals surface area contributed by atoms with Crippen LogP contribution < -0.4 is 0 Å². The molecule has 1 rings (SSSR count). The number of rotatable bonds is 6. The van der Waals surface area contributed by atoms with Gasteiger partial charge in [0.25, 0.3) is 0 Å². The molecule has 0 amide bonds. The van der Waals surface area contributed by atoms with Crippen LogP contribution in [0.25, 0.3) is 0 Å². The van der Waals surface area contributed by atoms with Crippen molar-refractivity contribution in [1.29, 1.82) is 0 Å². The predicted octanol–water partition coefficient (Wildman–Crippen LogP) is 5.13. The molecule has 0 nitrogen and oxygen atoms in total. The molecular formula is C15H30. The third kappa shape index (κ3) is 3.81. The first kappa shape index (κ1) is 13.1. The average Bonchev–Trinajstić information content (AvgIpc) is 2.91. The molecule has 0 aromatic rings. The molecule has 0 aliphatic heterocycles. The van der Waals surface area contributed by atoms with E-state index in [0.717, 1.165) is 23.7 Å². The monoisotopic (exact) mass is 210 g/mol. The van der Waals surface area contributed by atoms with Gasteiger partial charge in [0, 0.05) is 0 Å². The minimum Gasteiger partial charge on any atom is -0.0649 e. The fraction of sp³-hybridized carbons (Fsp3) is 1.00. The van der Waals surface area contributed by atoms with Crippen molar-refractivity contribution in [1.82, 2.24) is 0 Å². The summed E-state index contributed by atoms with van der Waals surface area (Å²) in [6.07, 6.45) is 5.62. The Balaban J connectivity index is 2.26. The third-order valence-corrected chi connectivity index (χ3v) is 4.98. The van der Waals surface area contributed by atoms with E-state index in [-0.39, 0.29) is 0 Å². The zero-order valence-electron chi connectivity index (χ0n) is 11.6. The zero-order chi connectivity index (χ0) is 11.6. The molecular weight excluding hydrogens is 180 g/mol. The molecule has 90 valence electrons. The van der Waals surface area contributed by atoms with Crippen LogP contribution in [0, 0.1) is 29.1 Å². The highest BCUT2D eigenvalue weighted by Crippen LogP contribution is 2.47. The van der Waals surface area contributed by atoms with Crippen molar-refractivity contribution in [2.24, 2.45) is 29.1 Å². The van der Waals surface area contributed by atoms with Crippen LogP contribution in [0.15, 0.2) is 0 Å². The van der Waals surface area contributed by atoms with E-state index in [2.05, 4.69) is 41.5 Å². The molecule has 0 heteroatoms. The molecule has 1 saturated carbocycles. The van der Waals surface area contributed by atoms with Crippen molar-refractivity contribution < 1.29 is 0 Å². The van der Waals surface area contributed by atoms with Gasteiger partial charge in [-0.1, -0.05) is 48.0 Å². The fourth-order valence-corrected chi connectivity index (χ4v) is 2.56. The van der Waals surface area contributed by atoms with Gasteiger partial charge in [-0.3, -0.25) is 0 Å². The van der Waals surface area contributed by atoms with E-state index in [1.165, 1.54) is 25.7 Å². The number of hydrogen-bond acceptors (Lipinski definition) is 0. The Kier molecular flexibility index (Phi) is 4.26. The van der Waals surface area contributed by atoms with Gasteiger partial charge in [-0.2, -0.15) is 0 Å². The Bertz CT molecular complexity index is 192. The SMILES string of the molecule is CCC(C)(C)CCC(C)C(C)C1CC1C. The van der Waals surface area contributed by atoms with Crippen molar-refractivity contribution in [3.63, 3.8) is 0 Å². The van der Waals surface area contributed by atoms with Crippen molar-refractivity contribution in [3.05, 3.63) is 0 Å². The Morgan fingerprint density at radius 2 is 1.80 bits per heavy atom. The first-order chi connectivity index (χ1) is 6.87. The van der Waals surface area contributed by atoms with E-state index in [0.29, 0.717) is 5.41 Å². The molecule has 0 N–H and O–H groups in total. The Hall–Kier alpha value is 0. The Morgan fingerprint density at radius 1 is 1.27 bits per heavy atom. The van der Waals surface area contributed by atoms with Gasteiger partial charge in [0.05, 0.1) is 0 Å². The molecule has 0 radical (unpaired) electrons. The van der Waals surface area contributed by atoms with Crippen LogP contribution in [0.5, 0.6) is 0 Å². The maximum absolute atomic E-state index is 2.47. The van der Waals surface area contributed by atoms with Crippen LogP contribution in [0.1, 0.15) is 67.2 Å². The standard InChI is InChI=1S/C15H30/c1-7-15(5,6)9-8-11(2)13(4)14-10-12(14)3/h11-14H,7-10H2,1-6H3. The van der Waals surface area contributed by atoms with Crippen molar-refractivity contribution >= 4 is 0 Å². The number of hydrogen-bond donors (Lipinski definition) is 0. The van der Waals surface area contributed by atoms with Crippen LogP contribution >= 0.6 is 0 Å². The lowest BCUT2D eigenvalue weighted by Crippen LogP contribution is -2.16. The van der Waals surface area contributed by atoms with Gasteiger partial charge in [-0.05, 0) is 48.3 Å². The lowest BCUT2D eigenvalue weighted by atomic mass is 9.79. The summed E-state index contributed by atoms with van der Waals surface area (Å²) in [7, 11) is 0. The highest BCUT2D eigenvalue weighted by Gasteiger charge is 2.39. The first-order valence-electron chi connectivity index (χ1n) is 6.87. The van der Waals surface area contributed by atoms with Gasteiger partial charge in [0.2, 0.25) is 0 Å². The second-order valence-electron chi connectivity index (χ2n) is 6.77. The summed E-state index contributed by atoms with van der Waals surface area (Å²) in [4.78, 5) is 0. The maximum atomic E-state index is 2.47. The summed E-state index contributed by atoms with van der Waals surface area (Å²) in [6.45, 7) is 14.5. The van der Waals surface area contributed by atoms with Gasteiger partial charge in [-0.15, -0.1) is 0 Å². The van der Waals surface area contributed by atoms with E-state index in [1.807, 2.05) is 0 Å². The van der Waals surface area contributed by atoms with Crippen molar-refractivity contribution in [2.75, 3.05) is 0 Å². The normalized spacial score (nSPS) is 30.0. The predicted molar refractivity (Wildman–Crippen MR) is 68.9 cm³/mol. The molecule has 1 aliphatic rings. The topological polar surface area (TPSA) is 0 Å². The summed E-state index contributed by atoms with van der Waals surface area (Å²) in [5.74, 6) is 3.94. The lowest BCUT2D eigenvalue weighted by molar-refractivity contribution is 0.242. The van der Waals surface area contributed by atoms with Crippen LogP contribution in [0.4, 0.5) is 0 Å². The van der Waals surface area contributed by atoms with Gasteiger partial charge in [0.1, 0.15) is 0 Å². The summed E-state index contributed by atoms with van der Waals surface area (Å²) in [5, 5.41) is 0. The minimum atomic E-state index is 0.559. The van der Waals surface area contributed by atoms with E-state index >= 15 is 0 Å². The van der Waals surface area contributed by atoms with Gasteiger partial charge in [0.15, 0.2) is 0 Å². The lowest BCUT2D eigenvalue weighted by Gasteiger charge is -2.27. The second-order valence-corrected chi connectivity index (χ2v) is 6.77. The van der Waals surface area contributed by atoms with Crippen LogP contribution in [0.2, 0.25) is 0 Å². The highest BCUT2D eigenvalue weighted by atomic mass is 14.4. The molecule has 1 fully saturated rings. The van der Waals surface area contributed by atoms with Gasteiger partial charge in [-0.25, -0.2) is 0 Å². The van der Waals surface area contributed by atoms with Crippen LogP contribution in [-0.4, -0.2) is 0 Å². The van der Waals surface area contributed by atoms with E-state index in [4.69, 9.17) is 0 Å². The molecule has 0 saturated heterocycles. The highest BCUT2D eigenvalue weighted by molar-refractivity contribution is 4.88. The maximum Gasteiger partial charge on any atom is -0.0357 e. The van der Waals surface area contributed by atoms with E-state index in [1.54, 1.807) is 0 Å². The summed E-state index contributed by atoms with van der Waals surface area (Å²) < 4.78 is 0. The molecule has 0 spiro atoms. The Morgan fingerprint density at radius 3 is 2.20 bits per heavy atom. The van der Waals surface area contributed by atoms with Crippen LogP contribution in [0.3, 0.4) is 0 Å². The molecule has 0 heterocycles. The third-order valence-electron chi connectivity index (χ3n) is 4.98. The van der Waals surface area contributed by atoms with Crippen molar-refractivity contribution in [3.8, 4) is 0 Å². The summed E-state index contributed by atoms with van der Waals surface area (Å²) >= 11 is 0. The molecule has 1 aliphatic carbocycles. The minimum absolute atomic E-state index is 0.559. The smallest absolute Gasteiger partial charge is 0.0357 e. The average molecular weight is 210 g/mol. The molecule has 0 aromatic carbocycles. The largest absolute Gasteiger partial charge is 0.0649 e. The van der Waals surface area contributed by atoms with Crippen molar-refractivity contribution in [2.45, 2.75) is 67.2 Å². The molecule has 4 unspecified atom stereocenters. The quantitative estimate of drug-likeness (QED) is 0.570. The zero-order valence-corrected chi connectivity index (χ0v) is 11.6. The molecule has 0 bridgehead atoms. The summed E-state index contributed by atoms with van der Waals surface area (Å²) in [6, 6.07) is 0. The molecule has 4 atom stereocenters. The van der Waals surface area contributed by atoms with E-state index in [9.17, 15) is 0 Å². The second kappa shape index (κ2) is 4.89. The fourth-order valence-electron chi connectivity index (χ4n) is 2.56.